The predicted molar refractivity (Wildman–Crippen MR) is 61.0 cm³/mol. The van der Waals surface area contributed by atoms with Crippen LogP contribution < -0.4 is 0 Å². The summed E-state index contributed by atoms with van der Waals surface area (Å²) >= 11 is 0. The second-order valence-corrected chi connectivity index (χ2v) is 5.40. The minimum Gasteiger partial charge on any atom is -0.306 e. The molecule has 1 saturated heterocycles. The molecule has 0 saturated carbocycles. The van der Waals surface area contributed by atoms with Gasteiger partial charge in [0.15, 0.2) is 0 Å². The molecule has 1 rings (SSSR count). The Morgan fingerprint density at radius 1 is 1.00 bits per heavy atom. The topological polar surface area (TPSA) is 3.24 Å². The SMILES string of the molecule is CC(C)C.CC1CC(C)CN(C)C1. The van der Waals surface area contributed by atoms with Crippen LogP contribution in [0.15, 0.2) is 0 Å². The molecule has 0 aromatic carbocycles. The van der Waals surface area contributed by atoms with Gasteiger partial charge in [0.25, 0.3) is 0 Å². The molecule has 1 heterocycles. The van der Waals surface area contributed by atoms with Gasteiger partial charge in [-0.15, -0.1) is 0 Å². The third-order valence-electron chi connectivity index (χ3n) is 2.05. The molecule has 2 atom stereocenters. The quantitative estimate of drug-likeness (QED) is 0.560. The van der Waals surface area contributed by atoms with E-state index in [0.29, 0.717) is 0 Å². The van der Waals surface area contributed by atoms with Gasteiger partial charge in [0.2, 0.25) is 0 Å². The van der Waals surface area contributed by atoms with Crippen molar-refractivity contribution >= 4 is 0 Å². The van der Waals surface area contributed by atoms with Crippen molar-refractivity contribution in [3.8, 4) is 0 Å². The van der Waals surface area contributed by atoms with Crippen molar-refractivity contribution in [1.29, 1.82) is 0 Å². The first-order valence-corrected chi connectivity index (χ1v) is 5.60. The Kier molecular flexibility index (Phi) is 6.40. The van der Waals surface area contributed by atoms with Gasteiger partial charge in [-0.2, -0.15) is 0 Å². The largest absolute Gasteiger partial charge is 0.306 e. The Bertz CT molecular complexity index is 92.5. The molecule has 2 unspecified atom stereocenters. The summed E-state index contributed by atoms with van der Waals surface area (Å²) in [6, 6.07) is 0. The molecule has 0 spiro atoms. The molecule has 0 bridgehead atoms. The summed E-state index contributed by atoms with van der Waals surface area (Å²) in [7, 11) is 2.21. The highest BCUT2D eigenvalue weighted by Gasteiger charge is 2.17. The van der Waals surface area contributed by atoms with Crippen LogP contribution in [0.5, 0.6) is 0 Å². The smallest absolute Gasteiger partial charge is 0.000419 e. The van der Waals surface area contributed by atoms with E-state index in [1.54, 1.807) is 0 Å². The summed E-state index contributed by atoms with van der Waals surface area (Å²) in [6.07, 6.45) is 1.42. The highest BCUT2D eigenvalue weighted by atomic mass is 15.1. The molecule has 0 N–H and O–H groups in total. The number of piperidine rings is 1. The first-order valence-electron chi connectivity index (χ1n) is 5.60. The molecule has 1 nitrogen and oxygen atoms in total. The van der Waals surface area contributed by atoms with Crippen molar-refractivity contribution < 1.29 is 0 Å². The van der Waals surface area contributed by atoms with E-state index in [1.807, 2.05) is 0 Å². The predicted octanol–water partition coefficient (Wildman–Crippen LogP) is 3.26. The number of hydrogen-bond donors (Lipinski definition) is 0. The number of likely N-dealkylation sites (tertiary alicyclic amines) is 1. The van der Waals surface area contributed by atoms with Gasteiger partial charge in [-0.3, -0.25) is 0 Å². The Morgan fingerprint density at radius 2 is 1.31 bits per heavy atom. The lowest BCUT2D eigenvalue weighted by atomic mass is 9.92. The van der Waals surface area contributed by atoms with Crippen molar-refractivity contribution in [2.75, 3.05) is 20.1 Å². The van der Waals surface area contributed by atoms with Gasteiger partial charge in [0.05, 0.1) is 0 Å². The number of rotatable bonds is 0. The van der Waals surface area contributed by atoms with E-state index in [-0.39, 0.29) is 0 Å². The van der Waals surface area contributed by atoms with Crippen molar-refractivity contribution in [1.82, 2.24) is 4.90 Å². The van der Waals surface area contributed by atoms with E-state index in [4.69, 9.17) is 0 Å². The lowest BCUT2D eigenvalue weighted by Crippen LogP contribution is -2.35. The maximum Gasteiger partial charge on any atom is 0.000419 e. The van der Waals surface area contributed by atoms with Crippen LogP contribution in [0.4, 0.5) is 0 Å². The third kappa shape index (κ3) is 8.29. The molecule has 80 valence electrons. The normalized spacial score (nSPS) is 29.8. The molecular weight excluding hydrogens is 158 g/mol. The number of hydrogen-bond acceptors (Lipinski definition) is 1. The van der Waals surface area contributed by atoms with E-state index in [0.717, 1.165) is 17.8 Å². The fourth-order valence-corrected chi connectivity index (χ4v) is 1.97. The van der Waals surface area contributed by atoms with Crippen molar-refractivity contribution in [3.05, 3.63) is 0 Å². The fraction of sp³-hybridized carbons (Fsp3) is 1.00. The summed E-state index contributed by atoms with van der Waals surface area (Å²) < 4.78 is 0. The lowest BCUT2D eigenvalue weighted by molar-refractivity contribution is 0.171. The van der Waals surface area contributed by atoms with Gasteiger partial charge < -0.3 is 4.90 Å². The zero-order chi connectivity index (χ0) is 10.4. The van der Waals surface area contributed by atoms with Crippen LogP contribution in [0, 0.1) is 17.8 Å². The van der Waals surface area contributed by atoms with Crippen LogP contribution >= 0.6 is 0 Å². The molecule has 13 heavy (non-hydrogen) atoms. The van der Waals surface area contributed by atoms with Crippen LogP contribution in [-0.2, 0) is 0 Å². The molecule has 1 fully saturated rings. The van der Waals surface area contributed by atoms with Gasteiger partial charge in [-0.25, -0.2) is 0 Å². The van der Waals surface area contributed by atoms with Crippen LogP contribution in [0.3, 0.4) is 0 Å². The van der Waals surface area contributed by atoms with Gasteiger partial charge in [0, 0.05) is 13.1 Å². The standard InChI is InChI=1S/C8H17N.C4H10/c1-7-4-8(2)6-9(3)5-7;1-4(2)3/h7-8H,4-6H2,1-3H3;4H,1-3H3. The molecule has 0 amide bonds. The average molecular weight is 185 g/mol. The second-order valence-electron chi connectivity index (χ2n) is 5.40. The zero-order valence-corrected chi connectivity index (χ0v) is 10.3. The van der Waals surface area contributed by atoms with Crippen LogP contribution in [0.25, 0.3) is 0 Å². The Balaban J connectivity index is 0.000000310. The summed E-state index contributed by atoms with van der Waals surface area (Å²) in [4.78, 5) is 2.43. The molecule has 0 aliphatic carbocycles. The van der Waals surface area contributed by atoms with E-state index >= 15 is 0 Å². The summed E-state index contributed by atoms with van der Waals surface area (Å²) in [6.45, 7) is 13.8. The van der Waals surface area contributed by atoms with E-state index in [9.17, 15) is 0 Å². The number of nitrogens with zero attached hydrogens (tertiary/aromatic N) is 1. The Morgan fingerprint density at radius 3 is 1.54 bits per heavy atom. The minimum atomic E-state index is 0.833. The lowest BCUT2D eigenvalue weighted by Gasteiger charge is -2.31. The van der Waals surface area contributed by atoms with Crippen LogP contribution in [0.2, 0.25) is 0 Å². The molecule has 1 aliphatic rings. The zero-order valence-electron chi connectivity index (χ0n) is 10.3. The molecule has 0 radical (unpaired) electrons. The van der Waals surface area contributed by atoms with Gasteiger partial charge in [-0.1, -0.05) is 34.6 Å². The van der Waals surface area contributed by atoms with Crippen molar-refractivity contribution in [2.45, 2.75) is 41.0 Å². The minimum absolute atomic E-state index is 0.833. The monoisotopic (exact) mass is 185 g/mol. The highest BCUT2D eigenvalue weighted by Crippen LogP contribution is 2.18. The highest BCUT2D eigenvalue weighted by molar-refractivity contribution is 4.71. The first kappa shape index (κ1) is 13.0. The summed E-state index contributed by atoms with van der Waals surface area (Å²) in [5.41, 5.74) is 0. The van der Waals surface area contributed by atoms with Crippen molar-refractivity contribution in [2.24, 2.45) is 17.8 Å². The third-order valence-corrected chi connectivity index (χ3v) is 2.05. The van der Waals surface area contributed by atoms with Crippen molar-refractivity contribution in [3.63, 3.8) is 0 Å². The van der Waals surface area contributed by atoms with E-state index in [2.05, 4.69) is 46.6 Å². The van der Waals surface area contributed by atoms with Gasteiger partial charge >= 0.3 is 0 Å². The first-order chi connectivity index (χ1) is 5.91. The van der Waals surface area contributed by atoms with Crippen LogP contribution in [-0.4, -0.2) is 25.0 Å². The Hall–Kier alpha value is -0.0400. The maximum atomic E-state index is 2.43. The fourth-order valence-electron chi connectivity index (χ4n) is 1.97. The van der Waals surface area contributed by atoms with Gasteiger partial charge in [0.1, 0.15) is 0 Å². The molecule has 1 aliphatic heterocycles. The summed E-state index contributed by atoms with van der Waals surface area (Å²) in [5.74, 6) is 2.66. The summed E-state index contributed by atoms with van der Waals surface area (Å²) in [5, 5.41) is 0. The van der Waals surface area contributed by atoms with Gasteiger partial charge in [-0.05, 0) is 31.2 Å². The molecule has 1 heteroatoms. The average Bonchev–Trinajstić information content (AvgIpc) is 1.80. The van der Waals surface area contributed by atoms with E-state index in [1.165, 1.54) is 19.5 Å². The van der Waals surface area contributed by atoms with E-state index < -0.39 is 0 Å². The Labute approximate surface area is 84.5 Å². The molecule has 0 aromatic heterocycles. The molecule has 0 aromatic rings. The maximum absolute atomic E-state index is 2.43. The van der Waals surface area contributed by atoms with Crippen LogP contribution in [0.1, 0.15) is 41.0 Å². The molecular formula is C12H27N. The second kappa shape index (κ2) is 6.42.